The molecule has 0 atom stereocenters. The first-order valence-electron chi connectivity index (χ1n) is 29.6. The quantitative estimate of drug-likeness (QED) is 0.149. The zero-order valence-electron chi connectivity index (χ0n) is 54.5. The maximum Gasteiger partial charge on any atom is 0.135 e. The van der Waals surface area contributed by atoms with Crippen LogP contribution in [0.1, 0.15) is 91.2 Å². The van der Waals surface area contributed by atoms with E-state index < -0.39 is 108 Å². The number of hydrogen-bond donors (Lipinski definition) is 0. The molecular formula is C57H49N4Pt-3. The van der Waals surface area contributed by atoms with Crippen LogP contribution in [-0.2, 0) is 38.3 Å². The van der Waals surface area contributed by atoms with Gasteiger partial charge >= 0.3 is 0 Å². The average molecular weight is 1010 g/mol. The Morgan fingerprint density at radius 3 is 1.87 bits per heavy atom. The molecule has 5 heteroatoms. The Morgan fingerprint density at radius 2 is 1.21 bits per heavy atom. The number of benzene rings is 7. The summed E-state index contributed by atoms with van der Waals surface area (Å²) in [6.45, 7) is 13.2. The molecule has 2 aromatic heterocycles. The van der Waals surface area contributed by atoms with Crippen LogP contribution in [0.4, 0.5) is 22.7 Å². The van der Waals surface area contributed by atoms with Crippen LogP contribution < -0.4 is 9.80 Å². The van der Waals surface area contributed by atoms with E-state index in [9.17, 15) is 5.48 Å². The number of pyridine rings is 1. The average Bonchev–Trinajstić information content (AvgIpc) is 3.40. The number of rotatable bonds is 7. The van der Waals surface area contributed by atoms with Crippen molar-refractivity contribution in [3.8, 4) is 28.1 Å². The Labute approximate surface area is 408 Å². The molecule has 1 aliphatic rings. The third kappa shape index (κ3) is 7.56. The SMILES string of the molecule is [2H]c1c([2H])c([2H])c(-c2cccc(-c3c([2H])c([2H])c([2H])c([2H])c3[2H])c2N2[CH-]N(c3[c-]c(Cc4[c-]c5c(c([2H])c4[2H])c4c([2H])c([2H])c([2H])c([2H])c4n5-c4cc(C(C)(C)C)ccn4)cc(C(C)(C)C)c3)c3c([2H])c([2H])c([2H])c([2H])c32)c([2H])c1[2H].[Pt]. The van der Waals surface area contributed by atoms with Gasteiger partial charge in [-0.25, -0.2) is 4.98 Å². The van der Waals surface area contributed by atoms with Gasteiger partial charge in [-0.2, -0.15) is 47.0 Å². The smallest absolute Gasteiger partial charge is 0.135 e. The van der Waals surface area contributed by atoms with Crippen LogP contribution in [0, 0.1) is 18.8 Å². The van der Waals surface area contributed by atoms with Gasteiger partial charge in [0.15, 0.2) is 0 Å². The second-order valence-corrected chi connectivity index (χ2v) is 16.7. The molecule has 0 radical (unpaired) electrons. The minimum absolute atomic E-state index is 0. The molecule has 0 amide bonds. The maximum atomic E-state index is 9.55. The van der Waals surface area contributed by atoms with E-state index in [1.165, 1.54) is 39.2 Å². The van der Waals surface area contributed by atoms with Gasteiger partial charge in [0.25, 0.3) is 0 Å². The van der Waals surface area contributed by atoms with Crippen molar-refractivity contribution in [2.24, 2.45) is 0 Å². The Morgan fingerprint density at radius 1 is 0.597 bits per heavy atom. The van der Waals surface area contributed by atoms with Crippen LogP contribution in [0.2, 0.25) is 0 Å². The van der Waals surface area contributed by atoms with Crippen LogP contribution in [0.5, 0.6) is 0 Å². The van der Waals surface area contributed by atoms with Crippen molar-refractivity contribution in [1.82, 2.24) is 9.55 Å². The second-order valence-electron chi connectivity index (χ2n) is 16.7. The predicted molar refractivity (Wildman–Crippen MR) is 255 cm³/mol. The van der Waals surface area contributed by atoms with Gasteiger partial charge in [-0.15, -0.1) is 23.8 Å². The first-order chi connectivity index (χ1) is 37.8. The summed E-state index contributed by atoms with van der Waals surface area (Å²) in [4.78, 5) is 7.37. The van der Waals surface area contributed by atoms with E-state index in [2.05, 4.69) is 17.1 Å². The number of nitrogens with zero attached hydrogens (tertiary/aromatic N) is 4. The van der Waals surface area contributed by atoms with E-state index in [0.717, 1.165) is 5.56 Å². The third-order valence-electron chi connectivity index (χ3n) is 10.6. The third-order valence-corrected chi connectivity index (χ3v) is 10.6. The van der Waals surface area contributed by atoms with Crippen molar-refractivity contribution >= 4 is 44.6 Å². The summed E-state index contributed by atoms with van der Waals surface area (Å²) < 4.78 is 181. The molecule has 9 aromatic rings. The summed E-state index contributed by atoms with van der Waals surface area (Å²) in [5.41, 5.74) is -0.0259. The number of hydrogen-bond acceptors (Lipinski definition) is 3. The van der Waals surface area contributed by atoms with E-state index in [1.807, 2.05) is 53.7 Å². The van der Waals surface area contributed by atoms with Crippen molar-refractivity contribution in [3.63, 3.8) is 0 Å². The van der Waals surface area contributed by atoms with Crippen LogP contribution in [0.3, 0.4) is 0 Å². The van der Waals surface area contributed by atoms with Gasteiger partial charge in [-0.05, 0) is 71.0 Å². The summed E-state index contributed by atoms with van der Waals surface area (Å²) in [6, 6.07) is 6.45. The number of para-hydroxylation sites is 4. The normalized spacial score (nSPS) is 17.3. The molecule has 4 nitrogen and oxygen atoms in total. The topological polar surface area (TPSA) is 24.3 Å². The van der Waals surface area contributed by atoms with Gasteiger partial charge in [0.1, 0.15) is 5.82 Å². The molecule has 0 N–H and O–H groups in total. The van der Waals surface area contributed by atoms with Crippen LogP contribution in [-0.4, -0.2) is 9.55 Å². The van der Waals surface area contributed by atoms with Gasteiger partial charge in [-0.1, -0.05) is 156 Å². The van der Waals surface area contributed by atoms with Crippen molar-refractivity contribution in [1.29, 1.82) is 0 Å². The molecule has 310 valence electrons. The molecule has 10 rings (SSSR count). The molecule has 3 heterocycles. The monoisotopic (exact) mass is 1000 g/mol. The van der Waals surface area contributed by atoms with Crippen molar-refractivity contribution in [3.05, 3.63) is 211 Å². The van der Waals surface area contributed by atoms with Crippen LogP contribution in [0.15, 0.2) is 170 Å². The summed E-state index contributed by atoms with van der Waals surface area (Å²) in [7, 11) is 0. The fourth-order valence-electron chi connectivity index (χ4n) is 7.54. The Kier molecular flexibility index (Phi) is 6.24. The first-order valence-corrected chi connectivity index (χ1v) is 19.6. The minimum atomic E-state index is -0.704. The van der Waals surface area contributed by atoms with Crippen LogP contribution in [0.25, 0.3) is 49.9 Å². The Balaban J connectivity index is 0.00000810. The molecule has 0 aliphatic carbocycles. The van der Waals surface area contributed by atoms with E-state index in [4.69, 9.17) is 21.9 Å². The maximum absolute atomic E-state index is 9.55. The molecule has 0 saturated heterocycles. The molecule has 1 aliphatic heterocycles. The fourth-order valence-corrected chi connectivity index (χ4v) is 7.54. The molecule has 0 fully saturated rings. The predicted octanol–water partition coefficient (Wildman–Crippen LogP) is 14.7. The van der Waals surface area contributed by atoms with E-state index >= 15 is 0 Å². The van der Waals surface area contributed by atoms with Gasteiger partial charge in [0.2, 0.25) is 0 Å². The van der Waals surface area contributed by atoms with E-state index in [0.29, 0.717) is 11.1 Å². The molecule has 0 bridgehead atoms. The molecule has 7 aromatic carbocycles. The number of aromatic nitrogens is 2. The van der Waals surface area contributed by atoms with Crippen molar-refractivity contribution in [2.45, 2.75) is 58.8 Å². The zero-order chi connectivity index (χ0) is 59.3. The fraction of sp³-hybridized carbons (Fsp3) is 0.158. The Hall–Kier alpha value is -6.22. The Bertz CT molecular complexity index is 4100. The van der Waals surface area contributed by atoms with Gasteiger partial charge in [0.05, 0.1) is 24.7 Å². The van der Waals surface area contributed by atoms with Crippen molar-refractivity contribution in [2.75, 3.05) is 9.80 Å². The summed E-state index contributed by atoms with van der Waals surface area (Å²) >= 11 is 0. The van der Waals surface area contributed by atoms with Crippen molar-refractivity contribution < 1.29 is 48.5 Å². The van der Waals surface area contributed by atoms with Gasteiger partial charge in [-0.3, -0.25) is 0 Å². The zero-order valence-corrected chi connectivity index (χ0v) is 36.8. The number of anilines is 4. The largest absolute Gasteiger partial charge is 0.493 e. The minimum Gasteiger partial charge on any atom is -0.493 e. The molecule has 0 saturated carbocycles. The summed E-state index contributed by atoms with van der Waals surface area (Å²) in [5, 5.41) is 0.0789. The summed E-state index contributed by atoms with van der Waals surface area (Å²) in [5.74, 6) is 0.288. The standard InChI is InChI=1S/C57H49N4.Pt/c1-56(2,3)43-30-31-58-54(37-43)61-50-25-14-13-22-48(50)49-29-28-39(35-53(49)61)32-40-33-44(57(4,5)6)36-45(34-40)59-38-60(52-27-16-15-26-51(52)59)55-46(41-18-9-7-10-19-41)23-17-24-47(55)42-20-11-8-12-21-42;/h7-31,33,36-38H,32H2,1-6H3;/q-3;/i7D,8D,9D,10D,11D,12D,13D,14D,15D,16D,18D,19D,20D,21D,22D,25D,26D,27D,28D,29D;. The van der Waals surface area contributed by atoms with Crippen LogP contribution >= 0.6 is 0 Å². The van der Waals surface area contributed by atoms with E-state index in [1.54, 1.807) is 18.3 Å². The number of fused-ring (bicyclic) bond motifs is 4. The van der Waals surface area contributed by atoms with E-state index in [-0.39, 0.29) is 129 Å². The molecule has 62 heavy (non-hydrogen) atoms. The molecule has 0 spiro atoms. The van der Waals surface area contributed by atoms with Gasteiger partial charge in [0, 0.05) is 62.3 Å². The summed E-state index contributed by atoms with van der Waals surface area (Å²) in [6.07, 6.45) is 1.45. The molecular weight excluding hydrogens is 936 g/mol. The van der Waals surface area contributed by atoms with Gasteiger partial charge < -0.3 is 14.4 Å². The molecule has 0 unspecified atom stereocenters. The second kappa shape index (κ2) is 16.2. The first kappa shape index (κ1) is 23.8.